The Hall–Kier alpha value is -2.08. The number of aryl methyl sites for hydroxylation is 2. The molecule has 1 aliphatic rings. The molecule has 2 rings (SSSR count). The van der Waals surface area contributed by atoms with E-state index in [1.165, 1.54) is 10.5 Å². The van der Waals surface area contributed by atoms with Gasteiger partial charge in [0.15, 0.2) is 6.04 Å². The van der Waals surface area contributed by atoms with Crippen molar-refractivity contribution in [2.24, 2.45) is 0 Å². The van der Waals surface area contributed by atoms with Crippen molar-refractivity contribution in [2.75, 3.05) is 26.4 Å². The molecule has 1 aromatic rings. The zero-order chi connectivity index (χ0) is 16.1. The van der Waals surface area contributed by atoms with Gasteiger partial charge in [0, 0.05) is 6.54 Å². The summed E-state index contributed by atoms with van der Waals surface area (Å²) in [6.45, 7) is 4.96. The van der Waals surface area contributed by atoms with Gasteiger partial charge in [-0.1, -0.05) is 6.07 Å². The Kier molecular flexibility index (Phi) is 5.38. The molecule has 1 atom stereocenters. The lowest BCUT2D eigenvalue weighted by Gasteiger charge is -2.32. The average molecular weight is 307 g/mol. The van der Waals surface area contributed by atoms with Gasteiger partial charge in [0.2, 0.25) is 5.91 Å². The van der Waals surface area contributed by atoms with Crippen LogP contribution in [0.15, 0.2) is 18.2 Å². The maximum absolute atomic E-state index is 12.2. The zero-order valence-corrected chi connectivity index (χ0v) is 12.9. The van der Waals surface area contributed by atoms with Crippen LogP contribution < -0.4 is 4.74 Å². The first kappa shape index (κ1) is 16.3. The molecule has 0 spiro atoms. The minimum absolute atomic E-state index is 0.0408. The van der Waals surface area contributed by atoms with Gasteiger partial charge >= 0.3 is 5.97 Å². The minimum Gasteiger partial charge on any atom is -0.493 e. The number of carboxylic acid groups (broad SMARTS) is 1. The van der Waals surface area contributed by atoms with Crippen LogP contribution in [0.2, 0.25) is 0 Å². The van der Waals surface area contributed by atoms with Crippen molar-refractivity contribution in [3.8, 4) is 5.75 Å². The first-order valence-electron chi connectivity index (χ1n) is 7.29. The largest absolute Gasteiger partial charge is 0.493 e. The highest BCUT2D eigenvalue weighted by atomic mass is 16.5. The molecule has 1 N–H and O–H groups in total. The van der Waals surface area contributed by atoms with Crippen LogP contribution in [0, 0.1) is 13.8 Å². The van der Waals surface area contributed by atoms with Crippen LogP contribution in [-0.2, 0) is 14.3 Å². The highest BCUT2D eigenvalue weighted by Crippen LogP contribution is 2.17. The number of carbonyl (C=O) groups is 2. The highest BCUT2D eigenvalue weighted by molar-refractivity contribution is 5.84. The second-order valence-corrected chi connectivity index (χ2v) is 5.36. The Morgan fingerprint density at radius 3 is 2.82 bits per heavy atom. The van der Waals surface area contributed by atoms with E-state index in [0.717, 1.165) is 5.56 Å². The van der Waals surface area contributed by atoms with Crippen LogP contribution in [0.5, 0.6) is 5.75 Å². The number of hydrogen-bond donors (Lipinski definition) is 1. The highest BCUT2D eigenvalue weighted by Gasteiger charge is 2.32. The molecular formula is C16H21NO5. The van der Waals surface area contributed by atoms with E-state index in [2.05, 4.69) is 0 Å². The number of amides is 1. The van der Waals surface area contributed by atoms with Gasteiger partial charge in [0.05, 0.1) is 26.2 Å². The number of nitrogens with zero attached hydrogens (tertiary/aromatic N) is 1. The summed E-state index contributed by atoms with van der Waals surface area (Å²) >= 11 is 0. The van der Waals surface area contributed by atoms with Gasteiger partial charge in [-0.25, -0.2) is 4.79 Å². The molecule has 0 aromatic heterocycles. The third kappa shape index (κ3) is 3.98. The predicted molar refractivity (Wildman–Crippen MR) is 80.0 cm³/mol. The first-order valence-corrected chi connectivity index (χ1v) is 7.29. The lowest BCUT2D eigenvalue weighted by atomic mass is 10.1. The summed E-state index contributed by atoms with van der Waals surface area (Å²) in [6.07, 6.45) is 0.150. The predicted octanol–water partition coefficient (Wildman–Crippen LogP) is 1.38. The monoisotopic (exact) mass is 307 g/mol. The Labute approximate surface area is 129 Å². The van der Waals surface area contributed by atoms with Crippen molar-refractivity contribution in [1.82, 2.24) is 4.90 Å². The molecule has 1 fully saturated rings. The number of benzene rings is 1. The van der Waals surface area contributed by atoms with Crippen LogP contribution >= 0.6 is 0 Å². The Morgan fingerprint density at radius 1 is 1.36 bits per heavy atom. The molecule has 6 nitrogen and oxygen atoms in total. The van der Waals surface area contributed by atoms with E-state index in [-0.39, 0.29) is 25.5 Å². The van der Waals surface area contributed by atoms with Crippen LogP contribution in [0.4, 0.5) is 0 Å². The van der Waals surface area contributed by atoms with E-state index < -0.39 is 12.0 Å². The summed E-state index contributed by atoms with van der Waals surface area (Å²) in [5.74, 6) is -0.546. The second kappa shape index (κ2) is 7.26. The van der Waals surface area contributed by atoms with E-state index in [0.29, 0.717) is 18.9 Å². The molecule has 0 saturated carbocycles. The molecule has 6 heteroatoms. The third-order valence-electron chi connectivity index (χ3n) is 3.80. The lowest BCUT2D eigenvalue weighted by Crippen LogP contribution is -2.52. The minimum atomic E-state index is -1.04. The van der Waals surface area contributed by atoms with E-state index >= 15 is 0 Å². The number of morpholine rings is 1. The number of carboxylic acids is 1. The summed E-state index contributed by atoms with van der Waals surface area (Å²) in [7, 11) is 0. The molecule has 120 valence electrons. The molecule has 1 aromatic carbocycles. The van der Waals surface area contributed by atoms with Crippen LogP contribution in [0.25, 0.3) is 0 Å². The molecule has 1 saturated heterocycles. The van der Waals surface area contributed by atoms with Gasteiger partial charge in [0.1, 0.15) is 5.75 Å². The van der Waals surface area contributed by atoms with E-state index in [9.17, 15) is 9.59 Å². The van der Waals surface area contributed by atoms with Gasteiger partial charge in [0.25, 0.3) is 0 Å². The van der Waals surface area contributed by atoms with Gasteiger partial charge in [-0.15, -0.1) is 0 Å². The molecule has 0 aliphatic carbocycles. The van der Waals surface area contributed by atoms with Crippen molar-refractivity contribution in [1.29, 1.82) is 0 Å². The molecule has 0 radical (unpaired) electrons. The Morgan fingerprint density at radius 2 is 2.14 bits per heavy atom. The molecule has 1 heterocycles. The molecule has 1 aliphatic heterocycles. The summed E-state index contributed by atoms with van der Waals surface area (Å²) in [5.41, 5.74) is 2.31. The van der Waals surface area contributed by atoms with Crippen molar-refractivity contribution < 1.29 is 24.2 Å². The maximum atomic E-state index is 12.2. The number of rotatable bonds is 5. The number of hydrogen-bond acceptors (Lipinski definition) is 4. The molecule has 1 unspecified atom stereocenters. The number of aliphatic carboxylic acids is 1. The number of ether oxygens (including phenoxy) is 2. The Balaban J connectivity index is 1.86. The van der Waals surface area contributed by atoms with Crippen molar-refractivity contribution in [3.05, 3.63) is 29.3 Å². The van der Waals surface area contributed by atoms with Crippen molar-refractivity contribution in [2.45, 2.75) is 26.3 Å². The standard InChI is InChI=1S/C16H21NO5/c1-11-3-4-13(9-12(11)2)22-7-5-15(18)17-6-8-21-10-14(17)16(19)20/h3-4,9,14H,5-8,10H2,1-2H3,(H,19,20). The SMILES string of the molecule is Cc1ccc(OCCC(=O)N2CCOCC2C(=O)O)cc1C. The van der Waals surface area contributed by atoms with E-state index in [4.69, 9.17) is 14.6 Å². The fourth-order valence-electron chi connectivity index (χ4n) is 2.31. The molecular weight excluding hydrogens is 286 g/mol. The normalized spacial score (nSPS) is 18.1. The fraction of sp³-hybridized carbons (Fsp3) is 0.500. The van der Waals surface area contributed by atoms with Crippen molar-refractivity contribution >= 4 is 11.9 Å². The average Bonchev–Trinajstić information content (AvgIpc) is 2.50. The molecule has 22 heavy (non-hydrogen) atoms. The van der Waals surface area contributed by atoms with Gasteiger partial charge < -0.3 is 19.5 Å². The Bertz CT molecular complexity index is 557. The van der Waals surface area contributed by atoms with E-state index in [1.807, 2.05) is 32.0 Å². The lowest BCUT2D eigenvalue weighted by molar-refractivity contribution is -0.158. The third-order valence-corrected chi connectivity index (χ3v) is 3.80. The molecule has 0 bridgehead atoms. The van der Waals surface area contributed by atoms with Gasteiger partial charge in [-0.3, -0.25) is 4.79 Å². The molecule has 1 amide bonds. The second-order valence-electron chi connectivity index (χ2n) is 5.36. The van der Waals surface area contributed by atoms with Crippen LogP contribution in [0.1, 0.15) is 17.5 Å². The van der Waals surface area contributed by atoms with Gasteiger partial charge in [-0.05, 0) is 37.1 Å². The van der Waals surface area contributed by atoms with Crippen LogP contribution in [-0.4, -0.2) is 54.3 Å². The van der Waals surface area contributed by atoms with E-state index in [1.54, 1.807) is 0 Å². The maximum Gasteiger partial charge on any atom is 0.328 e. The summed E-state index contributed by atoms with van der Waals surface area (Å²) in [5, 5.41) is 9.11. The first-order chi connectivity index (χ1) is 10.5. The fourth-order valence-corrected chi connectivity index (χ4v) is 2.31. The van der Waals surface area contributed by atoms with Crippen LogP contribution in [0.3, 0.4) is 0 Å². The zero-order valence-electron chi connectivity index (χ0n) is 12.9. The summed E-state index contributed by atoms with van der Waals surface area (Å²) in [6, 6.07) is 4.85. The topological polar surface area (TPSA) is 76.1 Å². The quantitative estimate of drug-likeness (QED) is 0.889. The summed E-state index contributed by atoms with van der Waals surface area (Å²) in [4.78, 5) is 24.6. The van der Waals surface area contributed by atoms with Crippen molar-refractivity contribution in [3.63, 3.8) is 0 Å². The smallest absolute Gasteiger partial charge is 0.328 e. The number of carbonyl (C=O) groups excluding carboxylic acids is 1. The summed E-state index contributed by atoms with van der Waals surface area (Å²) < 4.78 is 10.7. The van der Waals surface area contributed by atoms with Gasteiger partial charge in [-0.2, -0.15) is 0 Å².